The van der Waals surface area contributed by atoms with E-state index in [1.54, 1.807) is 24.3 Å². The molecule has 33 heavy (non-hydrogen) atoms. The summed E-state index contributed by atoms with van der Waals surface area (Å²) in [6.07, 6.45) is 2.35. The topological polar surface area (TPSA) is 46.6 Å². The van der Waals surface area contributed by atoms with Crippen molar-refractivity contribution < 1.29 is 14.3 Å². The number of carbonyl (C=O) groups excluding carboxylic acids is 2. The summed E-state index contributed by atoms with van der Waals surface area (Å²) in [4.78, 5) is 26.8. The second kappa shape index (κ2) is 10.8. The maximum Gasteiger partial charge on any atom is 0.293 e. The summed E-state index contributed by atoms with van der Waals surface area (Å²) in [7, 11) is 0. The summed E-state index contributed by atoms with van der Waals surface area (Å²) < 4.78 is 6.59. The number of halogens is 3. The van der Waals surface area contributed by atoms with Crippen molar-refractivity contribution in [2.24, 2.45) is 0 Å². The van der Waals surface area contributed by atoms with Crippen LogP contribution < -0.4 is 4.74 Å². The van der Waals surface area contributed by atoms with Gasteiger partial charge in [-0.05, 0) is 75.6 Å². The van der Waals surface area contributed by atoms with Crippen molar-refractivity contribution in [1.82, 2.24) is 4.90 Å². The zero-order valence-electron chi connectivity index (χ0n) is 17.3. The first-order valence-corrected chi connectivity index (χ1v) is 12.4. The number of ether oxygens (including phenoxy) is 1. The van der Waals surface area contributed by atoms with E-state index in [1.807, 2.05) is 48.5 Å². The maximum absolute atomic E-state index is 12.8. The Labute approximate surface area is 214 Å². The standard InChI is InChI=1S/C25H18BrCl2NO3S/c26-20-12-17(6-9-22(20)32-15-18-7-8-19(27)14-21(18)28)13-23-24(30)29(25(31)33-23)11-10-16-4-2-1-3-5-16/h1-9,12-14H,10-11,15H2/b23-13-. The fourth-order valence-corrected chi connectivity index (χ4v) is 5.09. The van der Waals surface area contributed by atoms with Crippen LogP contribution in [0.5, 0.6) is 5.75 Å². The van der Waals surface area contributed by atoms with Crippen LogP contribution in [0.15, 0.2) is 76.1 Å². The maximum atomic E-state index is 12.8. The van der Waals surface area contributed by atoms with Crippen LogP contribution in [-0.2, 0) is 17.8 Å². The molecule has 1 fully saturated rings. The molecule has 4 rings (SSSR count). The van der Waals surface area contributed by atoms with Crippen LogP contribution in [0.25, 0.3) is 6.08 Å². The Hall–Kier alpha value is -2.25. The summed E-state index contributed by atoms with van der Waals surface area (Å²) in [5, 5.41) is 0.859. The van der Waals surface area contributed by atoms with Crippen molar-refractivity contribution in [3.8, 4) is 5.75 Å². The van der Waals surface area contributed by atoms with Gasteiger partial charge in [0.05, 0.1) is 9.38 Å². The molecule has 0 atom stereocenters. The first-order chi connectivity index (χ1) is 15.9. The highest BCUT2D eigenvalue weighted by Gasteiger charge is 2.34. The van der Waals surface area contributed by atoms with Gasteiger partial charge in [0.15, 0.2) is 0 Å². The third-order valence-electron chi connectivity index (χ3n) is 4.99. The Kier molecular flexibility index (Phi) is 7.81. The molecule has 1 heterocycles. The van der Waals surface area contributed by atoms with Gasteiger partial charge in [-0.15, -0.1) is 0 Å². The molecule has 8 heteroatoms. The van der Waals surface area contributed by atoms with Gasteiger partial charge in [-0.1, -0.05) is 65.7 Å². The first-order valence-electron chi connectivity index (χ1n) is 10.1. The predicted octanol–water partition coefficient (Wildman–Crippen LogP) is 7.61. The van der Waals surface area contributed by atoms with Gasteiger partial charge in [0.1, 0.15) is 12.4 Å². The second-order valence-corrected chi connectivity index (χ2v) is 9.97. The van der Waals surface area contributed by atoms with E-state index >= 15 is 0 Å². The van der Waals surface area contributed by atoms with E-state index in [4.69, 9.17) is 27.9 Å². The van der Waals surface area contributed by atoms with Crippen LogP contribution >= 0.6 is 50.9 Å². The van der Waals surface area contributed by atoms with E-state index in [2.05, 4.69) is 15.9 Å². The molecular weight excluding hydrogens is 545 g/mol. The Morgan fingerprint density at radius 1 is 1.00 bits per heavy atom. The van der Waals surface area contributed by atoms with E-state index in [0.29, 0.717) is 33.7 Å². The van der Waals surface area contributed by atoms with Gasteiger partial charge in [-0.25, -0.2) is 0 Å². The minimum atomic E-state index is -0.269. The van der Waals surface area contributed by atoms with Crippen LogP contribution in [0.2, 0.25) is 10.0 Å². The van der Waals surface area contributed by atoms with Crippen LogP contribution in [0.3, 0.4) is 0 Å². The number of rotatable bonds is 7. The number of benzene rings is 3. The number of imide groups is 1. The normalized spacial score (nSPS) is 14.9. The van der Waals surface area contributed by atoms with Gasteiger partial charge in [0.2, 0.25) is 0 Å². The smallest absolute Gasteiger partial charge is 0.293 e. The SMILES string of the molecule is O=C1S/C(=C\c2ccc(OCc3ccc(Cl)cc3Cl)c(Br)c2)C(=O)N1CCc1ccccc1. The quantitative estimate of drug-likeness (QED) is 0.278. The Balaban J connectivity index is 1.41. The molecule has 3 aromatic carbocycles. The number of hydrogen-bond donors (Lipinski definition) is 0. The molecule has 0 aliphatic carbocycles. The number of thioether (sulfide) groups is 1. The van der Waals surface area contributed by atoms with Gasteiger partial charge in [-0.3, -0.25) is 14.5 Å². The van der Waals surface area contributed by atoms with E-state index < -0.39 is 0 Å². The molecule has 0 saturated carbocycles. The third kappa shape index (κ3) is 6.01. The Morgan fingerprint density at radius 2 is 1.79 bits per heavy atom. The molecule has 2 amide bonds. The highest BCUT2D eigenvalue weighted by molar-refractivity contribution is 9.10. The third-order valence-corrected chi connectivity index (χ3v) is 7.11. The minimum Gasteiger partial charge on any atom is -0.488 e. The molecule has 0 unspecified atom stereocenters. The summed E-state index contributed by atoms with van der Waals surface area (Å²) >= 11 is 16.6. The van der Waals surface area contributed by atoms with Crippen molar-refractivity contribution in [2.75, 3.05) is 6.54 Å². The molecule has 1 aliphatic rings. The lowest BCUT2D eigenvalue weighted by Crippen LogP contribution is -2.30. The molecule has 4 nitrogen and oxygen atoms in total. The van der Waals surface area contributed by atoms with Crippen molar-refractivity contribution in [1.29, 1.82) is 0 Å². The molecule has 168 valence electrons. The molecule has 0 N–H and O–H groups in total. The van der Waals surface area contributed by atoms with Crippen LogP contribution in [0.1, 0.15) is 16.7 Å². The van der Waals surface area contributed by atoms with Crippen molar-refractivity contribution in [3.63, 3.8) is 0 Å². The Morgan fingerprint density at radius 3 is 2.52 bits per heavy atom. The summed E-state index contributed by atoms with van der Waals surface area (Å²) in [6, 6.07) is 20.5. The highest BCUT2D eigenvalue weighted by Crippen LogP contribution is 2.34. The average molecular weight is 563 g/mol. The molecular formula is C25H18BrCl2NO3S. The van der Waals surface area contributed by atoms with E-state index in [0.717, 1.165) is 32.9 Å². The number of hydrogen-bond acceptors (Lipinski definition) is 4. The number of amides is 2. The lowest BCUT2D eigenvalue weighted by atomic mass is 10.1. The van der Waals surface area contributed by atoms with Gasteiger partial charge >= 0.3 is 0 Å². The van der Waals surface area contributed by atoms with Gasteiger partial charge in [0.25, 0.3) is 11.1 Å². The van der Waals surface area contributed by atoms with Gasteiger partial charge in [-0.2, -0.15) is 0 Å². The summed E-state index contributed by atoms with van der Waals surface area (Å²) in [5.41, 5.74) is 2.69. The number of carbonyl (C=O) groups is 2. The number of nitrogens with zero attached hydrogens (tertiary/aromatic N) is 1. The lowest BCUT2D eigenvalue weighted by Gasteiger charge is -2.12. The molecule has 0 aromatic heterocycles. The van der Waals surface area contributed by atoms with E-state index in [9.17, 15) is 9.59 Å². The Bertz CT molecular complexity index is 1230. The molecule has 3 aromatic rings. The molecule has 1 saturated heterocycles. The first kappa shape index (κ1) is 23.9. The van der Waals surface area contributed by atoms with Crippen LogP contribution in [0, 0.1) is 0 Å². The minimum absolute atomic E-state index is 0.249. The lowest BCUT2D eigenvalue weighted by molar-refractivity contribution is -0.122. The fourth-order valence-electron chi connectivity index (χ4n) is 3.25. The zero-order valence-corrected chi connectivity index (χ0v) is 21.2. The van der Waals surface area contributed by atoms with Gasteiger partial charge < -0.3 is 4.74 Å². The molecule has 0 bridgehead atoms. The van der Waals surface area contributed by atoms with Crippen molar-refractivity contribution in [3.05, 3.63) is 103 Å². The summed E-state index contributed by atoms with van der Waals surface area (Å²) in [5.74, 6) is 0.365. The zero-order chi connectivity index (χ0) is 23.4. The van der Waals surface area contributed by atoms with Crippen molar-refractivity contribution >= 4 is 68.1 Å². The largest absolute Gasteiger partial charge is 0.488 e. The summed E-state index contributed by atoms with van der Waals surface area (Å²) in [6.45, 7) is 0.643. The van der Waals surface area contributed by atoms with E-state index in [-0.39, 0.29) is 17.8 Å². The van der Waals surface area contributed by atoms with Crippen molar-refractivity contribution in [2.45, 2.75) is 13.0 Å². The molecule has 0 spiro atoms. The monoisotopic (exact) mass is 561 g/mol. The highest BCUT2D eigenvalue weighted by atomic mass is 79.9. The molecule has 1 aliphatic heterocycles. The van der Waals surface area contributed by atoms with Crippen LogP contribution in [-0.4, -0.2) is 22.6 Å². The van der Waals surface area contributed by atoms with Gasteiger partial charge in [0, 0.05) is 22.2 Å². The second-order valence-electron chi connectivity index (χ2n) is 7.28. The average Bonchev–Trinajstić information content (AvgIpc) is 3.05. The van der Waals surface area contributed by atoms with Crippen LogP contribution in [0.4, 0.5) is 4.79 Å². The fraction of sp³-hybridized carbons (Fsp3) is 0.120. The molecule has 0 radical (unpaired) electrons. The van der Waals surface area contributed by atoms with E-state index in [1.165, 1.54) is 4.90 Å². The predicted molar refractivity (Wildman–Crippen MR) is 138 cm³/mol.